The third-order valence-electron chi connectivity index (χ3n) is 4.79. The van der Waals surface area contributed by atoms with Crippen molar-refractivity contribution < 1.29 is 8.42 Å². The average molecular weight is 545 g/mol. The average Bonchev–Trinajstić information content (AvgIpc) is 2.70. The summed E-state index contributed by atoms with van der Waals surface area (Å²) in [4.78, 5) is 6.65. The zero-order valence-electron chi connectivity index (χ0n) is 17.7. The molecule has 0 fully saturated rings. The molecule has 0 amide bonds. The first-order chi connectivity index (χ1) is 13.8. The summed E-state index contributed by atoms with van der Waals surface area (Å²) >= 11 is 0. The molecule has 0 saturated carbocycles. The summed E-state index contributed by atoms with van der Waals surface area (Å²) in [7, 11) is 0.135. The molecule has 4 N–H and O–H groups in total. The third-order valence-corrected chi connectivity index (χ3v) is 5.70. The molecular formula is C21H32IN5O2S. The van der Waals surface area contributed by atoms with E-state index in [2.05, 4.69) is 58.8 Å². The summed E-state index contributed by atoms with van der Waals surface area (Å²) in [6.45, 7) is 4.35. The lowest BCUT2D eigenvalue weighted by Gasteiger charge is -2.25. The summed E-state index contributed by atoms with van der Waals surface area (Å²) in [5, 5.41) is 11.7. The molecule has 7 nitrogen and oxygen atoms in total. The van der Waals surface area contributed by atoms with Crippen LogP contribution in [0.25, 0.3) is 0 Å². The van der Waals surface area contributed by atoms with Gasteiger partial charge in [0.15, 0.2) is 5.96 Å². The SMILES string of the molecule is CN=C(NCCC(C)N(C)Cc1ccccc1)NCc1cccc(S(N)(=O)=O)c1.I. The fraction of sp³-hybridized carbons (Fsp3) is 0.381. The highest BCUT2D eigenvalue weighted by molar-refractivity contribution is 14.0. The lowest BCUT2D eigenvalue weighted by atomic mass is 10.1. The smallest absolute Gasteiger partial charge is 0.238 e. The lowest BCUT2D eigenvalue weighted by Crippen LogP contribution is -2.39. The molecule has 30 heavy (non-hydrogen) atoms. The van der Waals surface area contributed by atoms with E-state index in [1.807, 2.05) is 12.1 Å². The first kappa shape index (κ1) is 26.3. The van der Waals surface area contributed by atoms with Crippen LogP contribution in [0.5, 0.6) is 0 Å². The number of sulfonamides is 1. The summed E-state index contributed by atoms with van der Waals surface area (Å²) in [5.41, 5.74) is 2.12. The molecule has 2 aromatic rings. The molecule has 0 aliphatic rings. The molecular weight excluding hydrogens is 513 g/mol. The number of hydrogen-bond acceptors (Lipinski definition) is 4. The number of halogens is 1. The first-order valence-electron chi connectivity index (χ1n) is 9.60. The number of nitrogens with two attached hydrogens (primary N) is 1. The number of nitrogens with zero attached hydrogens (tertiary/aromatic N) is 2. The first-order valence-corrected chi connectivity index (χ1v) is 11.1. The number of nitrogens with one attached hydrogen (secondary N) is 2. The molecule has 0 aliphatic carbocycles. The van der Waals surface area contributed by atoms with E-state index in [9.17, 15) is 8.42 Å². The van der Waals surface area contributed by atoms with Crippen molar-refractivity contribution in [3.8, 4) is 0 Å². The Morgan fingerprint density at radius 2 is 1.77 bits per heavy atom. The second-order valence-corrected chi connectivity index (χ2v) is 8.64. The zero-order chi connectivity index (χ0) is 21.3. The molecule has 0 radical (unpaired) electrons. The molecule has 166 valence electrons. The summed E-state index contributed by atoms with van der Waals surface area (Å²) in [6, 6.07) is 17.4. The Kier molecular flexibility index (Phi) is 11.3. The number of primary sulfonamides is 1. The second kappa shape index (κ2) is 12.9. The highest BCUT2D eigenvalue weighted by Crippen LogP contribution is 2.10. The van der Waals surface area contributed by atoms with Gasteiger partial charge in [-0.05, 0) is 43.7 Å². The molecule has 0 aromatic heterocycles. The fourth-order valence-corrected chi connectivity index (χ4v) is 3.47. The van der Waals surface area contributed by atoms with Crippen LogP contribution in [0.4, 0.5) is 0 Å². The molecule has 1 atom stereocenters. The van der Waals surface area contributed by atoms with Crippen LogP contribution < -0.4 is 15.8 Å². The minimum Gasteiger partial charge on any atom is -0.356 e. The normalized spacial score (nSPS) is 12.9. The zero-order valence-corrected chi connectivity index (χ0v) is 20.9. The van der Waals surface area contributed by atoms with E-state index in [1.54, 1.807) is 19.2 Å². The van der Waals surface area contributed by atoms with Gasteiger partial charge in [-0.2, -0.15) is 0 Å². The number of aliphatic imine (C=N–C) groups is 1. The van der Waals surface area contributed by atoms with Gasteiger partial charge in [0.05, 0.1) is 4.90 Å². The van der Waals surface area contributed by atoms with E-state index in [-0.39, 0.29) is 28.9 Å². The Balaban J connectivity index is 0.00000450. The highest BCUT2D eigenvalue weighted by Gasteiger charge is 2.10. The largest absolute Gasteiger partial charge is 0.356 e. The van der Waals surface area contributed by atoms with Crippen LogP contribution in [0.1, 0.15) is 24.5 Å². The van der Waals surface area contributed by atoms with E-state index in [0.717, 1.165) is 25.1 Å². The van der Waals surface area contributed by atoms with Gasteiger partial charge in [0.25, 0.3) is 0 Å². The maximum atomic E-state index is 11.5. The maximum absolute atomic E-state index is 11.5. The van der Waals surface area contributed by atoms with Crippen LogP contribution >= 0.6 is 24.0 Å². The van der Waals surface area contributed by atoms with E-state index < -0.39 is 10.0 Å². The molecule has 9 heteroatoms. The Labute approximate surface area is 197 Å². The van der Waals surface area contributed by atoms with Crippen molar-refractivity contribution >= 4 is 40.0 Å². The van der Waals surface area contributed by atoms with E-state index >= 15 is 0 Å². The quantitative estimate of drug-likeness (QED) is 0.256. The predicted molar refractivity (Wildman–Crippen MR) is 133 cm³/mol. The van der Waals surface area contributed by atoms with Crippen molar-refractivity contribution in [1.82, 2.24) is 15.5 Å². The van der Waals surface area contributed by atoms with Crippen molar-refractivity contribution in [3.05, 3.63) is 65.7 Å². The molecule has 0 aliphatic heterocycles. The van der Waals surface area contributed by atoms with Crippen LogP contribution in [0.3, 0.4) is 0 Å². The van der Waals surface area contributed by atoms with Crippen LogP contribution in [0.15, 0.2) is 64.5 Å². The molecule has 2 aromatic carbocycles. The Morgan fingerprint density at radius 3 is 2.40 bits per heavy atom. The van der Waals surface area contributed by atoms with Crippen molar-refractivity contribution in [3.63, 3.8) is 0 Å². The van der Waals surface area contributed by atoms with Crippen LogP contribution in [-0.2, 0) is 23.1 Å². The van der Waals surface area contributed by atoms with Gasteiger partial charge in [-0.15, -0.1) is 24.0 Å². The van der Waals surface area contributed by atoms with Gasteiger partial charge in [0.2, 0.25) is 10.0 Å². The van der Waals surface area contributed by atoms with Crippen molar-refractivity contribution in [2.75, 3.05) is 20.6 Å². The Morgan fingerprint density at radius 1 is 1.10 bits per heavy atom. The molecule has 0 saturated heterocycles. The van der Waals surface area contributed by atoms with Crippen LogP contribution in [-0.4, -0.2) is 46.0 Å². The summed E-state index contributed by atoms with van der Waals surface area (Å²) in [5.74, 6) is 0.670. The van der Waals surface area contributed by atoms with Crippen molar-refractivity contribution in [1.29, 1.82) is 0 Å². The van der Waals surface area contributed by atoms with Gasteiger partial charge in [0, 0.05) is 32.7 Å². The van der Waals surface area contributed by atoms with E-state index in [4.69, 9.17) is 5.14 Å². The highest BCUT2D eigenvalue weighted by atomic mass is 127. The van der Waals surface area contributed by atoms with Gasteiger partial charge < -0.3 is 10.6 Å². The van der Waals surface area contributed by atoms with Gasteiger partial charge in [-0.1, -0.05) is 42.5 Å². The number of benzene rings is 2. The predicted octanol–water partition coefficient (Wildman–Crippen LogP) is 2.53. The number of hydrogen-bond donors (Lipinski definition) is 3. The topological polar surface area (TPSA) is 99.8 Å². The maximum Gasteiger partial charge on any atom is 0.238 e. The minimum absolute atomic E-state index is 0. The van der Waals surface area contributed by atoms with Gasteiger partial charge in [-0.3, -0.25) is 9.89 Å². The third kappa shape index (κ3) is 8.99. The van der Waals surface area contributed by atoms with Crippen molar-refractivity contribution in [2.45, 2.75) is 37.4 Å². The fourth-order valence-electron chi connectivity index (χ4n) is 2.89. The standard InChI is InChI=1S/C21H31N5O2S.HI/c1-17(26(3)16-18-8-5-4-6-9-18)12-13-24-21(23-2)25-15-19-10-7-11-20(14-19)29(22,27)28;/h4-11,14,17H,12-13,15-16H2,1-3H3,(H2,22,27,28)(H2,23,24,25);1H. The van der Waals surface area contributed by atoms with Gasteiger partial charge in [0.1, 0.15) is 0 Å². The Hall–Kier alpha value is -1.69. The molecule has 1 unspecified atom stereocenters. The number of guanidine groups is 1. The second-order valence-electron chi connectivity index (χ2n) is 7.08. The minimum atomic E-state index is -3.70. The summed E-state index contributed by atoms with van der Waals surface area (Å²) in [6.07, 6.45) is 0.963. The monoisotopic (exact) mass is 545 g/mol. The Bertz CT molecular complexity index is 907. The lowest BCUT2D eigenvalue weighted by molar-refractivity contribution is 0.238. The molecule has 2 rings (SSSR count). The van der Waals surface area contributed by atoms with Crippen LogP contribution in [0, 0.1) is 0 Å². The molecule has 0 spiro atoms. The summed E-state index contributed by atoms with van der Waals surface area (Å²) < 4.78 is 22.9. The van der Waals surface area contributed by atoms with E-state index in [0.29, 0.717) is 18.5 Å². The molecule has 0 bridgehead atoms. The number of rotatable bonds is 9. The van der Waals surface area contributed by atoms with Gasteiger partial charge >= 0.3 is 0 Å². The van der Waals surface area contributed by atoms with Crippen LogP contribution in [0.2, 0.25) is 0 Å². The molecule has 0 heterocycles. The van der Waals surface area contributed by atoms with E-state index in [1.165, 1.54) is 11.6 Å². The van der Waals surface area contributed by atoms with Gasteiger partial charge in [-0.25, -0.2) is 13.6 Å². The van der Waals surface area contributed by atoms with Crippen molar-refractivity contribution in [2.24, 2.45) is 10.1 Å².